The Hall–Kier alpha value is 0.320. The van der Waals surface area contributed by atoms with Crippen LogP contribution in [-0.2, 0) is 13.6 Å². The molecule has 0 aromatic heterocycles. The molecule has 46 heavy (non-hydrogen) atoms. The summed E-state index contributed by atoms with van der Waals surface area (Å²) in [5.74, 6) is 0. The molecule has 0 aromatic carbocycles. The van der Waals surface area contributed by atoms with Crippen molar-refractivity contribution in [2.24, 2.45) is 0 Å². The summed E-state index contributed by atoms with van der Waals surface area (Å²) in [6, 6.07) is 0. The molecule has 4 nitrogen and oxygen atoms in total. The second kappa shape index (κ2) is 36.6. The first-order chi connectivity index (χ1) is 21.8. The van der Waals surface area contributed by atoms with Crippen LogP contribution in [0.5, 0.6) is 0 Å². The quantitative estimate of drug-likeness (QED) is 0.0209. The molecule has 1 unspecified atom stereocenters. The second-order valence-corrected chi connectivity index (χ2v) is 16.6. The standard InChI is InChI=1S/C40H81NO3P.HI/c1-6-8-10-12-14-16-18-20-22-24-26-28-30-32-34-36-38-43-45(42,40-41(3,4)5)44-39-37-35-33-31-29-27-25-23-21-19-17-15-13-11-9-7-2;/h20-23H,6-19,24-40H2,1-5H3;1H/q+1;/p-1/b22-20-,23-21+;. The minimum absolute atomic E-state index is 0. The highest BCUT2D eigenvalue weighted by molar-refractivity contribution is 7.53. The lowest BCUT2D eigenvalue weighted by molar-refractivity contribution is -0.859. The molecule has 0 N–H and O–H groups in total. The summed E-state index contributed by atoms with van der Waals surface area (Å²) in [7, 11) is 3.12. The highest BCUT2D eigenvalue weighted by Crippen LogP contribution is 2.49. The van der Waals surface area contributed by atoms with Crippen molar-refractivity contribution in [1.82, 2.24) is 0 Å². The monoisotopic (exact) mass is 781 g/mol. The van der Waals surface area contributed by atoms with Gasteiger partial charge in [0.2, 0.25) is 0 Å². The van der Waals surface area contributed by atoms with Crippen LogP contribution < -0.4 is 24.0 Å². The Bertz CT molecular complexity index is 659. The lowest BCUT2D eigenvalue weighted by Crippen LogP contribution is -3.00. The third kappa shape index (κ3) is 38.8. The van der Waals surface area contributed by atoms with Crippen molar-refractivity contribution in [3.63, 3.8) is 0 Å². The molecule has 0 heterocycles. The van der Waals surface area contributed by atoms with Crippen molar-refractivity contribution in [3.8, 4) is 0 Å². The fraction of sp³-hybridized carbons (Fsp3) is 0.900. The van der Waals surface area contributed by atoms with Crippen LogP contribution in [0.25, 0.3) is 0 Å². The molecule has 1 atom stereocenters. The van der Waals surface area contributed by atoms with Crippen LogP contribution in [0.2, 0.25) is 0 Å². The van der Waals surface area contributed by atoms with Gasteiger partial charge < -0.3 is 37.5 Å². The van der Waals surface area contributed by atoms with Crippen molar-refractivity contribution in [2.45, 2.75) is 194 Å². The lowest BCUT2D eigenvalue weighted by atomic mass is 10.1. The van der Waals surface area contributed by atoms with E-state index in [1.165, 1.54) is 154 Å². The summed E-state index contributed by atoms with van der Waals surface area (Å²) >= 11 is 0. The van der Waals surface area contributed by atoms with Gasteiger partial charge in [-0.3, -0.25) is 4.57 Å². The first kappa shape index (κ1) is 48.4. The van der Waals surface area contributed by atoms with Gasteiger partial charge in [-0.1, -0.05) is 154 Å². The maximum Gasteiger partial charge on any atom is 0.384 e. The van der Waals surface area contributed by atoms with Crippen LogP contribution in [-0.4, -0.2) is 45.1 Å². The molecule has 0 aliphatic carbocycles. The molecule has 0 aliphatic heterocycles. The average molecular weight is 782 g/mol. The van der Waals surface area contributed by atoms with Crippen LogP contribution in [0, 0.1) is 0 Å². The van der Waals surface area contributed by atoms with Gasteiger partial charge in [-0.2, -0.15) is 0 Å². The van der Waals surface area contributed by atoms with Gasteiger partial charge in [0.05, 0.1) is 34.4 Å². The number of hydrogen-bond acceptors (Lipinski definition) is 3. The molecule has 0 saturated heterocycles. The van der Waals surface area contributed by atoms with Crippen LogP contribution in [0.1, 0.15) is 194 Å². The van der Waals surface area contributed by atoms with Crippen molar-refractivity contribution >= 4 is 7.60 Å². The number of quaternary nitrogens is 1. The third-order valence-corrected chi connectivity index (χ3v) is 10.8. The van der Waals surface area contributed by atoms with Gasteiger partial charge in [-0.05, 0) is 64.2 Å². The van der Waals surface area contributed by atoms with Gasteiger partial charge in [0.15, 0.2) is 6.29 Å². The fourth-order valence-corrected chi connectivity index (χ4v) is 7.84. The van der Waals surface area contributed by atoms with Crippen LogP contribution in [0.15, 0.2) is 24.3 Å². The van der Waals surface area contributed by atoms with E-state index in [0.29, 0.717) is 24.0 Å². The number of rotatable bonds is 36. The Labute approximate surface area is 306 Å². The zero-order chi connectivity index (χ0) is 33.2. The van der Waals surface area contributed by atoms with E-state index in [9.17, 15) is 4.57 Å². The highest BCUT2D eigenvalue weighted by Gasteiger charge is 2.32. The van der Waals surface area contributed by atoms with E-state index in [0.717, 1.165) is 25.7 Å². The van der Waals surface area contributed by atoms with Gasteiger partial charge in [0.25, 0.3) is 0 Å². The van der Waals surface area contributed by atoms with E-state index in [1.807, 2.05) is 0 Å². The molecule has 6 heteroatoms. The maximum atomic E-state index is 13.5. The molecule has 0 aromatic rings. The Morgan fingerprint density at radius 3 is 0.978 bits per heavy atom. The predicted octanol–water partition coefficient (Wildman–Crippen LogP) is 11.0. The fourth-order valence-electron chi connectivity index (χ4n) is 5.74. The van der Waals surface area contributed by atoms with Gasteiger partial charge in [0.1, 0.15) is 0 Å². The summed E-state index contributed by atoms with van der Waals surface area (Å²) in [4.78, 5) is 0. The van der Waals surface area contributed by atoms with Crippen molar-refractivity contribution in [3.05, 3.63) is 24.3 Å². The van der Waals surface area contributed by atoms with Crippen molar-refractivity contribution < 1.29 is 42.1 Å². The summed E-state index contributed by atoms with van der Waals surface area (Å²) in [5.41, 5.74) is 0. The summed E-state index contributed by atoms with van der Waals surface area (Å²) in [6.45, 7) is 5.65. The van der Waals surface area contributed by atoms with E-state index >= 15 is 0 Å². The van der Waals surface area contributed by atoms with Gasteiger partial charge in [0, 0.05) is 0 Å². The zero-order valence-corrected chi connectivity index (χ0v) is 34.8. The summed E-state index contributed by atoms with van der Waals surface area (Å²) in [6.07, 6.45) is 46.0. The van der Waals surface area contributed by atoms with Gasteiger partial charge in [-0.25, -0.2) is 0 Å². The summed E-state index contributed by atoms with van der Waals surface area (Å²) in [5, 5.41) is 0. The maximum absolute atomic E-state index is 13.5. The van der Waals surface area contributed by atoms with Gasteiger partial charge in [-0.15, -0.1) is 0 Å². The first-order valence-corrected chi connectivity index (χ1v) is 21.5. The molecule has 0 aliphatic rings. The van der Waals surface area contributed by atoms with Crippen LogP contribution in [0.4, 0.5) is 0 Å². The predicted molar refractivity (Wildman–Crippen MR) is 201 cm³/mol. The topological polar surface area (TPSA) is 35.5 Å². The molecule has 0 radical (unpaired) electrons. The largest absolute Gasteiger partial charge is 1.00 e. The molecule has 0 amide bonds. The Morgan fingerprint density at radius 2 is 0.696 bits per heavy atom. The molecule has 0 spiro atoms. The number of unbranched alkanes of at least 4 members (excludes halogenated alkanes) is 24. The molecule has 0 bridgehead atoms. The van der Waals surface area contributed by atoms with E-state index in [2.05, 4.69) is 59.3 Å². The van der Waals surface area contributed by atoms with Crippen molar-refractivity contribution in [2.75, 3.05) is 40.6 Å². The third-order valence-electron chi connectivity index (χ3n) is 8.49. The van der Waals surface area contributed by atoms with Gasteiger partial charge >= 0.3 is 7.60 Å². The van der Waals surface area contributed by atoms with E-state index in [1.54, 1.807) is 0 Å². The van der Waals surface area contributed by atoms with Crippen LogP contribution in [0.3, 0.4) is 0 Å². The smallest absolute Gasteiger partial charge is 0.384 e. The first-order valence-electron chi connectivity index (χ1n) is 19.8. The molecule has 0 saturated carbocycles. The minimum atomic E-state index is -3.06. The molecule has 0 fully saturated rings. The van der Waals surface area contributed by atoms with Crippen molar-refractivity contribution in [1.29, 1.82) is 0 Å². The van der Waals surface area contributed by atoms with E-state index in [4.69, 9.17) is 9.05 Å². The van der Waals surface area contributed by atoms with E-state index < -0.39 is 7.60 Å². The average Bonchev–Trinajstić information content (AvgIpc) is 2.99. The van der Waals surface area contributed by atoms with E-state index in [-0.39, 0.29) is 24.0 Å². The number of hydrogen-bond donors (Lipinski definition) is 0. The molecule has 0 rings (SSSR count). The summed E-state index contributed by atoms with van der Waals surface area (Å²) < 4.78 is 26.0. The lowest BCUT2D eigenvalue weighted by Gasteiger charge is -2.28. The Morgan fingerprint density at radius 1 is 0.435 bits per heavy atom. The highest BCUT2D eigenvalue weighted by atomic mass is 127. The normalized spacial score (nSPS) is 13.5. The second-order valence-electron chi connectivity index (χ2n) is 14.6. The SMILES string of the molecule is CCCCCCCC/C=C\CCCCCCCCOP(=O)(C[N+](C)(C)C)OCCCCCCCC/C=C/CCCCCCCC.[I-]. The Kier molecular flexibility index (Phi) is 38.5. The number of halogens is 1. The molecule has 276 valence electrons. The minimum Gasteiger partial charge on any atom is -1.00 e. The Balaban J connectivity index is 0. The number of allylic oxidation sites excluding steroid dienone is 4. The van der Waals surface area contributed by atoms with Crippen LogP contribution >= 0.6 is 7.60 Å². The molecular formula is C40H81INO3P. The molecular weight excluding hydrogens is 700 g/mol. The number of nitrogens with zero attached hydrogens (tertiary/aromatic N) is 1. The zero-order valence-electron chi connectivity index (χ0n) is 31.7.